The molecule has 8 nitrogen and oxygen atoms in total. The maximum absolute atomic E-state index is 10.6. The molecule has 1 heterocycles. The molecule has 0 atom stereocenters. The van der Waals surface area contributed by atoms with Crippen LogP contribution in [0.5, 0.6) is 0 Å². The fourth-order valence-corrected chi connectivity index (χ4v) is 1.56. The first-order chi connectivity index (χ1) is 9.56. The smallest absolute Gasteiger partial charge is 0.358 e. The summed E-state index contributed by atoms with van der Waals surface area (Å²) in [5, 5.41) is 25.6. The number of aromatic carboxylic acids is 1. The fourth-order valence-electron chi connectivity index (χ4n) is 1.56. The van der Waals surface area contributed by atoms with Crippen molar-refractivity contribution in [2.75, 3.05) is 0 Å². The van der Waals surface area contributed by atoms with Gasteiger partial charge in [0.05, 0.1) is 11.5 Å². The number of nitro benzene ring substituents is 1. The lowest BCUT2D eigenvalue weighted by molar-refractivity contribution is -0.384. The number of hydrogen-bond donors (Lipinski definition) is 2. The van der Waals surface area contributed by atoms with E-state index in [1.807, 2.05) is 0 Å². The number of carboxylic acids is 1. The van der Waals surface area contributed by atoms with Gasteiger partial charge in [-0.1, -0.05) is 17.3 Å². The summed E-state index contributed by atoms with van der Waals surface area (Å²) >= 11 is 0. The van der Waals surface area contributed by atoms with E-state index >= 15 is 0 Å². The Kier molecular flexibility index (Phi) is 4.06. The molecule has 8 heteroatoms. The van der Waals surface area contributed by atoms with Gasteiger partial charge in [-0.15, -0.1) is 0 Å². The average molecular weight is 277 g/mol. The second-order valence-corrected chi connectivity index (χ2v) is 4.01. The van der Waals surface area contributed by atoms with Crippen LogP contribution in [0, 0.1) is 10.1 Å². The summed E-state index contributed by atoms with van der Waals surface area (Å²) in [6.07, 6.45) is 0. The number of nitro groups is 1. The largest absolute Gasteiger partial charge is 0.476 e. The van der Waals surface area contributed by atoms with E-state index in [1.165, 1.54) is 18.2 Å². The van der Waals surface area contributed by atoms with E-state index in [1.54, 1.807) is 12.1 Å². The van der Waals surface area contributed by atoms with Crippen molar-refractivity contribution in [2.24, 2.45) is 0 Å². The number of rotatable bonds is 6. The minimum Gasteiger partial charge on any atom is -0.476 e. The van der Waals surface area contributed by atoms with Crippen LogP contribution in [-0.4, -0.2) is 21.2 Å². The normalized spacial score (nSPS) is 10.4. The van der Waals surface area contributed by atoms with Crippen LogP contribution in [0.15, 0.2) is 34.9 Å². The zero-order valence-electron chi connectivity index (χ0n) is 10.3. The maximum atomic E-state index is 10.6. The minimum atomic E-state index is -1.14. The summed E-state index contributed by atoms with van der Waals surface area (Å²) in [5.74, 6) is -0.736. The standard InChI is InChI=1S/C12H11N3O5/c16-12(17)11-5-10(20-14-11)7-13-6-8-1-3-9(4-2-8)15(18)19/h1-5,13H,6-7H2,(H,16,17). The molecular weight excluding hydrogens is 266 g/mol. The van der Waals surface area contributed by atoms with Crippen LogP contribution in [0.2, 0.25) is 0 Å². The van der Waals surface area contributed by atoms with Gasteiger partial charge in [-0.3, -0.25) is 10.1 Å². The van der Waals surface area contributed by atoms with E-state index < -0.39 is 10.9 Å². The summed E-state index contributed by atoms with van der Waals surface area (Å²) in [7, 11) is 0. The van der Waals surface area contributed by atoms with Crippen molar-refractivity contribution < 1.29 is 19.3 Å². The molecule has 104 valence electrons. The first kappa shape index (κ1) is 13.7. The number of aromatic nitrogens is 1. The van der Waals surface area contributed by atoms with Crippen molar-refractivity contribution in [1.29, 1.82) is 0 Å². The van der Waals surface area contributed by atoms with Gasteiger partial charge in [-0.2, -0.15) is 0 Å². The van der Waals surface area contributed by atoms with Crippen molar-refractivity contribution in [2.45, 2.75) is 13.1 Å². The highest BCUT2D eigenvalue weighted by Crippen LogP contribution is 2.12. The Hall–Kier alpha value is -2.74. The maximum Gasteiger partial charge on any atom is 0.358 e. The van der Waals surface area contributed by atoms with E-state index in [2.05, 4.69) is 10.5 Å². The molecule has 1 aromatic carbocycles. The van der Waals surface area contributed by atoms with E-state index in [0.29, 0.717) is 18.8 Å². The zero-order valence-corrected chi connectivity index (χ0v) is 10.3. The molecule has 1 aromatic heterocycles. The summed E-state index contributed by atoms with van der Waals surface area (Å²) in [5.41, 5.74) is 0.765. The lowest BCUT2D eigenvalue weighted by Crippen LogP contribution is -2.12. The van der Waals surface area contributed by atoms with Gasteiger partial charge in [0.2, 0.25) is 0 Å². The van der Waals surface area contributed by atoms with E-state index in [-0.39, 0.29) is 11.4 Å². The second-order valence-electron chi connectivity index (χ2n) is 4.01. The summed E-state index contributed by atoms with van der Waals surface area (Å²) in [6.45, 7) is 0.790. The molecule has 0 bridgehead atoms. The van der Waals surface area contributed by atoms with Gasteiger partial charge in [-0.05, 0) is 5.56 Å². The molecule has 2 rings (SSSR count). The van der Waals surface area contributed by atoms with Crippen molar-refractivity contribution in [3.05, 3.63) is 57.5 Å². The van der Waals surface area contributed by atoms with Crippen LogP contribution in [0.4, 0.5) is 5.69 Å². The molecule has 0 aliphatic carbocycles. The SMILES string of the molecule is O=C(O)c1cc(CNCc2ccc([N+](=O)[O-])cc2)on1. The molecule has 2 aromatic rings. The van der Waals surface area contributed by atoms with Gasteiger partial charge in [0.15, 0.2) is 11.5 Å². The summed E-state index contributed by atoms with van der Waals surface area (Å²) < 4.78 is 4.83. The molecule has 2 N–H and O–H groups in total. The Morgan fingerprint density at radius 1 is 1.35 bits per heavy atom. The molecule has 0 saturated heterocycles. The molecule has 0 spiro atoms. The Morgan fingerprint density at radius 2 is 2.05 bits per heavy atom. The third-order valence-corrected chi connectivity index (χ3v) is 2.55. The third-order valence-electron chi connectivity index (χ3n) is 2.55. The van der Waals surface area contributed by atoms with Crippen molar-refractivity contribution in [1.82, 2.24) is 10.5 Å². The lowest BCUT2D eigenvalue weighted by Gasteiger charge is -2.02. The predicted molar refractivity (Wildman–Crippen MR) is 67.1 cm³/mol. The number of carboxylic acid groups (broad SMARTS) is 1. The molecule has 0 amide bonds. The number of nitrogens with one attached hydrogen (secondary N) is 1. The van der Waals surface area contributed by atoms with Crippen LogP contribution >= 0.6 is 0 Å². The Labute approximate surface area is 113 Å². The molecule has 0 fully saturated rings. The monoisotopic (exact) mass is 277 g/mol. The first-order valence-corrected chi connectivity index (χ1v) is 5.69. The van der Waals surface area contributed by atoms with Crippen LogP contribution < -0.4 is 5.32 Å². The van der Waals surface area contributed by atoms with E-state index in [9.17, 15) is 14.9 Å². The third kappa shape index (κ3) is 3.39. The highest BCUT2D eigenvalue weighted by molar-refractivity contribution is 5.85. The number of non-ortho nitro benzene ring substituents is 1. The van der Waals surface area contributed by atoms with Crippen molar-refractivity contribution in [3.8, 4) is 0 Å². The van der Waals surface area contributed by atoms with Crippen molar-refractivity contribution >= 4 is 11.7 Å². The topological polar surface area (TPSA) is 118 Å². The number of hydrogen-bond acceptors (Lipinski definition) is 6. The Bertz CT molecular complexity index is 620. The molecule has 0 aliphatic heterocycles. The minimum absolute atomic E-state index is 0.0371. The Balaban J connectivity index is 1.85. The quantitative estimate of drug-likeness (QED) is 0.607. The van der Waals surface area contributed by atoms with Crippen LogP contribution in [0.1, 0.15) is 21.8 Å². The van der Waals surface area contributed by atoms with Gasteiger partial charge < -0.3 is 14.9 Å². The van der Waals surface area contributed by atoms with Crippen LogP contribution in [0.25, 0.3) is 0 Å². The molecule has 0 saturated carbocycles. The molecule has 0 radical (unpaired) electrons. The summed E-state index contributed by atoms with van der Waals surface area (Å²) in [4.78, 5) is 20.6. The first-order valence-electron chi connectivity index (χ1n) is 5.69. The highest BCUT2D eigenvalue weighted by atomic mass is 16.6. The van der Waals surface area contributed by atoms with Crippen LogP contribution in [0.3, 0.4) is 0 Å². The van der Waals surface area contributed by atoms with Crippen molar-refractivity contribution in [3.63, 3.8) is 0 Å². The van der Waals surface area contributed by atoms with Gasteiger partial charge in [0.25, 0.3) is 5.69 Å². The fraction of sp³-hybridized carbons (Fsp3) is 0.167. The lowest BCUT2D eigenvalue weighted by atomic mass is 10.2. The van der Waals surface area contributed by atoms with Gasteiger partial charge in [-0.25, -0.2) is 4.79 Å². The summed E-state index contributed by atoms with van der Waals surface area (Å²) in [6, 6.07) is 7.48. The van der Waals surface area contributed by atoms with Gasteiger partial charge in [0.1, 0.15) is 0 Å². The zero-order chi connectivity index (χ0) is 14.5. The molecule has 0 unspecified atom stereocenters. The Morgan fingerprint density at radius 3 is 2.60 bits per heavy atom. The second kappa shape index (κ2) is 5.93. The van der Waals surface area contributed by atoms with E-state index in [4.69, 9.17) is 9.63 Å². The highest BCUT2D eigenvalue weighted by Gasteiger charge is 2.10. The van der Waals surface area contributed by atoms with Crippen LogP contribution in [-0.2, 0) is 13.1 Å². The van der Waals surface area contributed by atoms with E-state index in [0.717, 1.165) is 5.56 Å². The predicted octanol–water partition coefficient (Wildman–Crippen LogP) is 1.57. The molecule has 0 aliphatic rings. The number of benzene rings is 1. The average Bonchev–Trinajstić information content (AvgIpc) is 2.88. The molecular formula is C12H11N3O5. The van der Waals surface area contributed by atoms with Gasteiger partial charge >= 0.3 is 5.97 Å². The molecule has 20 heavy (non-hydrogen) atoms. The van der Waals surface area contributed by atoms with Gasteiger partial charge in [0, 0.05) is 24.7 Å². The number of nitrogens with zero attached hydrogens (tertiary/aromatic N) is 2. The number of carbonyl (C=O) groups is 1.